The lowest BCUT2D eigenvalue weighted by Gasteiger charge is -2.31. The average Bonchev–Trinajstić information content (AvgIpc) is 2.92. The fourth-order valence-corrected chi connectivity index (χ4v) is 3.18. The molecule has 1 atom stereocenters. The maximum absolute atomic E-state index is 13.3. The van der Waals surface area contributed by atoms with Crippen molar-refractivity contribution >= 4 is 0 Å². The van der Waals surface area contributed by atoms with Crippen molar-refractivity contribution in [1.82, 2.24) is 0 Å². The fourth-order valence-electron chi connectivity index (χ4n) is 3.18. The van der Waals surface area contributed by atoms with Crippen LogP contribution in [0.2, 0.25) is 0 Å². The van der Waals surface area contributed by atoms with Gasteiger partial charge in [-0.05, 0) is 55.5 Å². The number of rotatable bonds is 4. The molecule has 1 aliphatic rings. The van der Waals surface area contributed by atoms with Crippen LogP contribution in [-0.4, -0.2) is 0 Å². The van der Waals surface area contributed by atoms with E-state index in [-0.39, 0.29) is 12.7 Å². The molecule has 3 rings (SSSR count). The third-order valence-electron chi connectivity index (χ3n) is 4.31. The lowest BCUT2D eigenvalue weighted by atomic mass is 9.81. The predicted octanol–water partition coefficient (Wildman–Crippen LogP) is 5.26. The van der Waals surface area contributed by atoms with Gasteiger partial charge in [0.25, 0.3) is 0 Å². The quantitative estimate of drug-likeness (QED) is 0.699. The van der Waals surface area contributed by atoms with Crippen molar-refractivity contribution in [3.05, 3.63) is 82.7 Å². The van der Waals surface area contributed by atoms with E-state index < -0.39 is 5.60 Å². The summed E-state index contributed by atoms with van der Waals surface area (Å²) in [6, 6.07) is 12.9. The van der Waals surface area contributed by atoms with E-state index in [0.717, 1.165) is 16.7 Å². The van der Waals surface area contributed by atoms with Gasteiger partial charge in [-0.15, -0.1) is 6.58 Å². The van der Waals surface area contributed by atoms with Gasteiger partial charge < -0.3 is 4.74 Å². The molecule has 2 aromatic rings. The lowest BCUT2D eigenvalue weighted by molar-refractivity contribution is -0.0114. The average molecular weight is 296 g/mol. The zero-order valence-electron chi connectivity index (χ0n) is 13.9. The van der Waals surface area contributed by atoms with Crippen LogP contribution in [0.25, 0.3) is 0 Å². The Bertz CT molecular complexity index is 723. The molecule has 1 aliphatic heterocycles. The van der Waals surface area contributed by atoms with Crippen LogP contribution in [0.15, 0.2) is 54.6 Å². The number of hydrogen-bond donors (Lipinski definition) is 0. The molecular weight excluding hydrogens is 275 g/mol. The predicted molar refractivity (Wildman–Crippen MR) is 87.2 cm³/mol. The van der Waals surface area contributed by atoms with Gasteiger partial charge in [0.1, 0.15) is 11.4 Å². The summed E-state index contributed by atoms with van der Waals surface area (Å²) in [6.45, 7) is 6.79. The van der Waals surface area contributed by atoms with Crippen molar-refractivity contribution < 1.29 is 10.5 Å². The number of halogens is 1. The summed E-state index contributed by atoms with van der Waals surface area (Å²) in [5, 5.41) is 0. The second-order valence-corrected chi connectivity index (χ2v) is 6.03. The molecule has 0 bridgehead atoms. The Morgan fingerprint density at radius 2 is 2.09 bits per heavy atom. The first-order valence-electron chi connectivity index (χ1n) is 8.22. The minimum absolute atomic E-state index is 0.222. The molecule has 0 fully saturated rings. The highest BCUT2D eigenvalue weighted by molar-refractivity contribution is 5.45. The fraction of sp³-hybridized carbons (Fsp3) is 0.300. The van der Waals surface area contributed by atoms with Gasteiger partial charge >= 0.3 is 0 Å². The Labute approximate surface area is 132 Å². The second-order valence-electron chi connectivity index (χ2n) is 6.03. The molecule has 1 heterocycles. The van der Waals surface area contributed by atoms with Crippen molar-refractivity contribution in [2.75, 3.05) is 0 Å². The standard InChI is InChI=1S/C20H21FO/c1-14(2)10-11-20(17-5-7-18(21)8-6-17)19-9-4-15(3)12-16(19)13-22-20/h4-9,12H,1,10-11,13H2,2-3H3/i2H. The van der Waals surface area contributed by atoms with Crippen LogP contribution in [0.4, 0.5) is 4.39 Å². The van der Waals surface area contributed by atoms with Gasteiger partial charge in [-0.25, -0.2) is 4.39 Å². The Morgan fingerprint density at radius 1 is 1.32 bits per heavy atom. The van der Waals surface area contributed by atoms with Crippen molar-refractivity contribution in [3.63, 3.8) is 0 Å². The molecule has 0 saturated carbocycles. The highest BCUT2D eigenvalue weighted by atomic mass is 19.1. The minimum atomic E-state index is -0.575. The molecule has 1 unspecified atom stereocenters. The number of fused-ring (bicyclic) bond motifs is 1. The van der Waals surface area contributed by atoms with Gasteiger partial charge in [0, 0.05) is 1.37 Å². The molecule has 0 N–H and O–H groups in total. The molecule has 0 aliphatic carbocycles. The first-order valence-corrected chi connectivity index (χ1v) is 7.51. The third kappa shape index (κ3) is 2.59. The number of ether oxygens (including phenoxy) is 1. The maximum atomic E-state index is 13.3. The molecule has 0 aromatic heterocycles. The molecule has 2 aromatic carbocycles. The molecule has 2 heteroatoms. The first-order chi connectivity index (χ1) is 11.0. The Balaban J connectivity index is 2.05. The van der Waals surface area contributed by atoms with E-state index >= 15 is 0 Å². The highest BCUT2D eigenvalue weighted by Gasteiger charge is 2.41. The van der Waals surface area contributed by atoms with Crippen molar-refractivity contribution in [2.45, 2.75) is 38.9 Å². The summed E-state index contributed by atoms with van der Waals surface area (Å²) in [4.78, 5) is 0. The minimum Gasteiger partial charge on any atom is -0.361 e. The summed E-state index contributed by atoms with van der Waals surface area (Å²) >= 11 is 0. The highest BCUT2D eigenvalue weighted by Crippen LogP contribution is 2.46. The van der Waals surface area contributed by atoms with Crippen LogP contribution in [0.3, 0.4) is 0 Å². The summed E-state index contributed by atoms with van der Waals surface area (Å²) in [6.07, 6.45) is 1.43. The molecule has 0 spiro atoms. The Kier molecular flexibility index (Phi) is 3.55. The van der Waals surface area contributed by atoms with Gasteiger partial charge in [-0.3, -0.25) is 0 Å². The molecule has 22 heavy (non-hydrogen) atoms. The van der Waals surface area contributed by atoms with Gasteiger partial charge in [-0.1, -0.05) is 41.5 Å². The lowest BCUT2D eigenvalue weighted by Crippen LogP contribution is -2.27. The first kappa shape index (κ1) is 13.7. The normalized spacial score (nSPS) is 20.5. The monoisotopic (exact) mass is 296 g/mol. The smallest absolute Gasteiger partial charge is 0.123 e. The van der Waals surface area contributed by atoms with Crippen LogP contribution < -0.4 is 0 Å². The topological polar surface area (TPSA) is 9.23 Å². The van der Waals surface area contributed by atoms with Crippen LogP contribution >= 0.6 is 0 Å². The van der Waals surface area contributed by atoms with E-state index in [0.29, 0.717) is 19.4 Å². The zero-order valence-corrected chi connectivity index (χ0v) is 12.9. The number of allylic oxidation sites excluding steroid dienone is 1. The summed E-state index contributed by atoms with van der Waals surface area (Å²) in [5.74, 6) is -0.249. The largest absolute Gasteiger partial charge is 0.361 e. The SMILES string of the molecule is [1H]CC(=C)CCC1(c2ccc(F)cc2)OCc2cc(C)ccc21. The van der Waals surface area contributed by atoms with Crippen molar-refractivity contribution in [2.24, 2.45) is 0 Å². The molecular formula is C20H21FO. The van der Waals surface area contributed by atoms with E-state index in [1.165, 1.54) is 23.3 Å². The second kappa shape index (κ2) is 5.69. The summed E-state index contributed by atoms with van der Waals surface area (Å²) in [5.41, 5.74) is 4.81. The van der Waals surface area contributed by atoms with Crippen LogP contribution in [-0.2, 0) is 16.9 Å². The number of benzene rings is 2. The van der Waals surface area contributed by atoms with Crippen LogP contribution in [0.5, 0.6) is 0 Å². The van der Waals surface area contributed by atoms with Crippen LogP contribution in [0, 0.1) is 12.7 Å². The van der Waals surface area contributed by atoms with E-state index in [4.69, 9.17) is 6.11 Å². The van der Waals surface area contributed by atoms with Crippen molar-refractivity contribution in [1.29, 1.82) is 0 Å². The molecule has 0 radical (unpaired) electrons. The van der Waals surface area contributed by atoms with E-state index in [9.17, 15) is 4.39 Å². The zero-order chi connectivity index (χ0) is 16.4. The van der Waals surface area contributed by atoms with E-state index in [1.54, 1.807) is 12.1 Å². The number of aryl methyl sites for hydroxylation is 1. The van der Waals surface area contributed by atoms with Gasteiger partial charge in [0.05, 0.1) is 6.61 Å². The molecule has 0 amide bonds. The van der Waals surface area contributed by atoms with Gasteiger partial charge in [0.15, 0.2) is 0 Å². The molecule has 1 nitrogen and oxygen atoms in total. The summed E-state index contributed by atoms with van der Waals surface area (Å²) in [7, 11) is 0. The van der Waals surface area contributed by atoms with Gasteiger partial charge in [0.2, 0.25) is 0 Å². The third-order valence-corrected chi connectivity index (χ3v) is 4.31. The van der Waals surface area contributed by atoms with E-state index in [1.807, 2.05) is 0 Å². The van der Waals surface area contributed by atoms with Crippen molar-refractivity contribution in [3.8, 4) is 0 Å². The Hall–Kier alpha value is -1.93. The van der Waals surface area contributed by atoms with Gasteiger partial charge in [-0.2, -0.15) is 0 Å². The molecule has 0 saturated heterocycles. The van der Waals surface area contributed by atoms with E-state index in [2.05, 4.69) is 31.7 Å². The Morgan fingerprint density at radius 3 is 2.82 bits per heavy atom. The maximum Gasteiger partial charge on any atom is 0.123 e. The summed E-state index contributed by atoms with van der Waals surface area (Å²) < 4.78 is 27.1. The molecule has 114 valence electrons. The van der Waals surface area contributed by atoms with Crippen LogP contribution in [0.1, 0.15) is 43.4 Å². The number of hydrogen-bond acceptors (Lipinski definition) is 1.